The predicted molar refractivity (Wildman–Crippen MR) is 100 cm³/mol. The summed E-state index contributed by atoms with van der Waals surface area (Å²) in [6.45, 7) is 2.23. The van der Waals surface area contributed by atoms with E-state index < -0.39 is 10.5 Å². The maximum Gasteiger partial charge on any atom is 0.437 e. The van der Waals surface area contributed by atoms with E-state index in [1.165, 1.54) is 89.9 Å². The molecule has 0 spiro atoms. The summed E-state index contributed by atoms with van der Waals surface area (Å²) in [5.41, 5.74) is 0. The fraction of sp³-hybridized carbons (Fsp3) is 1.00. The first kappa shape index (κ1) is 23.8. The Hall–Kier alpha value is -0.160. The van der Waals surface area contributed by atoms with Crippen molar-refractivity contribution in [2.45, 2.75) is 116 Å². The molecule has 0 bridgehead atoms. The lowest BCUT2D eigenvalue weighted by Crippen LogP contribution is -2.00. The maximum absolute atomic E-state index is 12.0. The van der Waals surface area contributed by atoms with Crippen LogP contribution >= 0.6 is 0 Å². The van der Waals surface area contributed by atoms with Gasteiger partial charge in [0.1, 0.15) is 0 Å². The highest BCUT2D eigenvalue weighted by Crippen LogP contribution is 2.14. The third-order valence-corrected chi connectivity index (χ3v) is 4.92. The summed E-state index contributed by atoms with van der Waals surface area (Å²) in [7, 11) is -4.75. The second-order valence-electron chi connectivity index (χ2n) is 6.87. The Morgan fingerprint density at radius 2 is 0.875 bits per heavy atom. The molecule has 0 aromatic heterocycles. The van der Waals surface area contributed by atoms with Crippen molar-refractivity contribution in [1.82, 2.24) is 0 Å². The highest BCUT2D eigenvalue weighted by Gasteiger charge is 2.05. The summed E-state index contributed by atoms with van der Waals surface area (Å²) >= 11 is 0. The van der Waals surface area contributed by atoms with Gasteiger partial charge in [-0.25, -0.2) is 4.18 Å². The number of hydrogen-bond acceptors (Lipinski definition) is 3. The first-order valence-electron chi connectivity index (χ1n) is 10.2. The summed E-state index contributed by atoms with van der Waals surface area (Å²) in [6.07, 6.45) is 21.6. The molecule has 3 nitrogen and oxygen atoms in total. The van der Waals surface area contributed by atoms with E-state index in [4.69, 9.17) is 0 Å². The van der Waals surface area contributed by atoms with Crippen LogP contribution in [0.4, 0.5) is 3.89 Å². The topological polar surface area (TPSA) is 43.4 Å². The van der Waals surface area contributed by atoms with Crippen molar-refractivity contribution < 1.29 is 16.5 Å². The summed E-state index contributed by atoms with van der Waals surface area (Å²) in [6, 6.07) is 0. The van der Waals surface area contributed by atoms with Gasteiger partial charge in [-0.3, -0.25) is 0 Å². The standard InChI is InChI=1S/C19H39FO3S/c1-2-3-4-5-6-7-8-9-10-11-12-13-14-15-16-17-18-19-23-24(20,21)22/h2-19H2,1H3. The molecule has 0 N–H and O–H groups in total. The van der Waals surface area contributed by atoms with Crippen LogP contribution in [-0.4, -0.2) is 15.0 Å². The Morgan fingerprint density at radius 1 is 0.583 bits per heavy atom. The normalized spacial score (nSPS) is 11.9. The van der Waals surface area contributed by atoms with E-state index in [1.54, 1.807) is 0 Å². The number of hydrogen-bond donors (Lipinski definition) is 0. The highest BCUT2D eigenvalue weighted by atomic mass is 32.3. The van der Waals surface area contributed by atoms with Gasteiger partial charge in [0.15, 0.2) is 0 Å². The van der Waals surface area contributed by atoms with Crippen molar-refractivity contribution in [3.63, 3.8) is 0 Å². The Kier molecular flexibility index (Phi) is 17.5. The molecule has 0 amide bonds. The van der Waals surface area contributed by atoms with Crippen LogP contribution < -0.4 is 0 Å². The van der Waals surface area contributed by atoms with Gasteiger partial charge < -0.3 is 0 Å². The van der Waals surface area contributed by atoms with E-state index in [9.17, 15) is 12.3 Å². The quantitative estimate of drug-likeness (QED) is 0.185. The first-order valence-corrected chi connectivity index (χ1v) is 11.5. The Balaban J connectivity index is 3.03. The fourth-order valence-corrected chi connectivity index (χ4v) is 3.30. The van der Waals surface area contributed by atoms with E-state index in [0.29, 0.717) is 6.42 Å². The highest BCUT2D eigenvalue weighted by molar-refractivity contribution is 7.81. The van der Waals surface area contributed by atoms with Crippen molar-refractivity contribution in [3.05, 3.63) is 0 Å². The second-order valence-corrected chi connectivity index (χ2v) is 7.89. The average Bonchev–Trinajstić information content (AvgIpc) is 2.52. The van der Waals surface area contributed by atoms with Gasteiger partial charge in [0.25, 0.3) is 0 Å². The third-order valence-electron chi connectivity index (χ3n) is 4.47. The molecule has 0 aliphatic rings. The van der Waals surface area contributed by atoms with Crippen LogP contribution in [0.5, 0.6) is 0 Å². The number of unbranched alkanes of at least 4 members (excludes halogenated alkanes) is 16. The second kappa shape index (κ2) is 17.7. The molecule has 0 unspecified atom stereocenters. The summed E-state index contributed by atoms with van der Waals surface area (Å²) < 4.78 is 36.3. The predicted octanol–water partition coefficient (Wildman–Crippen LogP) is 6.87. The zero-order chi connectivity index (χ0) is 17.9. The molecule has 0 aromatic carbocycles. The molecule has 0 aliphatic heterocycles. The van der Waals surface area contributed by atoms with Crippen molar-refractivity contribution in [1.29, 1.82) is 0 Å². The average molecular weight is 367 g/mol. The smallest absolute Gasteiger partial charge is 0.245 e. The first-order chi connectivity index (χ1) is 11.6. The van der Waals surface area contributed by atoms with Gasteiger partial charge in [-0.2, -0.15) is 8.42 Å². The Bertz CT molecular complexity index is 345. The molecular formula is C19H39FO3S. The lowest BCUT2D eigenvalue weighted by molar-refractivity contribution is 0.284. The molecule has 0 rings (SSSR count). The molecule has 146 valence electrons. The molecule has 0 saturated heterocycles. The van der Waals surface area contributed by atoms with Crippen LogP contribution in [-0.2, 0) is 14.7 Å². The van der Waals surface area contributed by atoms with Gasteiger partial charge in [0, 0.05) is 0 Å². The van der Waals surface area contributed by atoms with Gasteiger partial charge in [0.2, 0.25) is 0 Å². The molecule has 0 aliphatic carbocycles. The molecule has 24 heavy (non-hydrogen) atoms. The van der Waals surface area contributed by atoms with Gasteiger partial charge in [0.05, 0.1) is 6.61 Å². The SMILES string of the molecule is CCCCCCCCCCCCCCCCCCCOS(=O)(=O)F. The van der Waals surface area contributed by atoms with E-state index in [1.807, 2.05) is 0 Å². The van der Waals surface area contributed by atoms with Crippen molar-refractivity contribution in [3.8, 4) is 0 Å². The lowest BCUT2D eigenvalue weighted by atomic mass is 10.0. The number of halogens is 1. The molecule has 0 fully saturated rings. The minimum Gasteiger partial charge on any atom is -0.245 e. The molecule has 0 atom stereocenters. The van der Waals surface area contributed by atoms with Gasteiger partial charge in [-0.05, 0) is 6.42 Å². The Labute approximate surface area is 150 Å². The van der Waals surface area contributed by atoms with Crippen LogP contribution in [0.3, 0.4) is 0 Å². The molecule has 0 saturated carbocycles. The molecule has 0 radical (unpaired) electrons. The molecular weight excluding hydrogens is 327 g/mol. The maximum atomic E-state index is 12.0. The van der Waals surface area contributed by atoms with Crippen LogP contribution in [0.25, 0.3) is 0 Å². The van der Waals surface area contributed by atoms with Crippen LogP contribution in [0.1, 0.15) is 116 Å². The van der Waals surface area contributed by atoms with Crippen molar-refractivity contribution in [2.24, 2.45) is 0 Å². The monoisotopic (exact) mass is 366 g/mol. The third kappa shape index (κ3) is 21.8. The van der Waals surface area contributed by atoms with Crippen molar-refractivity contribution >= 4 is 10.5 Å². The fourth-order valence-electron chi connectivity index (χ4n) is 2.99. The largest absolute Gasteiger partial charge is 0.437 e. The van der Waals surface area contributed by atoms with Gasteiger partial charge >= 0.3 is 10.5 Å². The van der Waals surface area contributed by atoms with Crippen LogP contribution in [0.15, 0.2) is 0 Å². The minimum absolute atomic E-state index is 0.0303. The van der Waals surface area contributed by atoms with Crippen molar-refractivity contribution in [2.75, 3.05) is 6.61 Å². The molecule has 0 aromatic rings. The van der Waals surface area contributed by atoms with E-state index in [-0.39, 0.29) is 6.61 Å². The Morgan fingerprint density at radius 3 is 1.17 bits per heavy atom. The van der Waals surface area contributed by atoms with Crippen LogP contribution in [0.2, 0.25) is 0 Å². The van der Waals surface area contributed by atoms with Gasteiger partial charge in [-0.1, -0.05) is 114 Å². The minimum atomic E-state index is -4.75. The summed E-state index contributed by atoms with van der Waals surface area (Å²) in [5, 5.41) is 0. The van der Waals surface area contributed by atoms with Gasteiger partial charge in [-0.15, -0.1) is 0 Å². The molecule has 0 heterocycles. The molecule has 5 heteroatoms. The van der Waals surface area contributed by atoms with Crippen LogP contribution in [0, 0.1) is 0 Å². The zero-order valence-electron chi connectivity index (χ0n) is 15.7. The summed E-state index contributed by atoms with van der Waals surface area (Å²) in [5.74, 6) is 0. The number of rotatable bonds is 19. The van der Waals surface area contributed by atoms with E-state index in [0.717, 1.165) is 12.8 Å². The van der Waals surface area contributed by atoms with E-state index in [2.05, 4.69) is 11.1 Å². The van der Waals surface area contributed by atoms with E-state index >= 15 is 0 Å². The lowest BCUT2D eigenvalue weighted by Gasteiger charge is -2.03. The summed E-state index contributed by atoms with van der Waals surface area (Å²) in [4.78, 5) is 0. The zero-order valence-corrected chi connectivity index (χ0v) is 16.6.